The molecule has 0 bridgehead atoms. The molecule has 0 fully saturated rings. The molecule has 3 aromatic carbocycles. The summed E-state index contributed by atoms with van der Waals surface area (Å²) in [5, 5.41) is 7.21. The quantitative estimate of drug-likeness (QED) is 0.421. The topological polar surface area (TPSA) is 49.0 Å². The summed E-state index contributed by atoms with van der Waals surface area (Å²) >= 11 is 0. The summed E-state index contributed by atoms with van der Waals surface area (Å²) in [6, 6.07) is 21.3. The lowest BCUT2D eigenvalue weighted by Crippen LogP contribution is -2.29. The number of nitrogens with zero attached hydrogens (tertiary/aromatic N) is 2. The third kappa shape index (κ3) is 3.26. The average Bonchev–Trinajstić information content (AvgIpc) is 3.34. The summed E-state index contributed by atoms with van der Waals surface area (Å²) in [5.41, 5.74) is 3.57. The number of halogens is 3. The highest BCUT2D eigenvalue weighted by Crippen LogP contribution is 2.45. The molecule has 0 unspecified atom stereocenters. The number of hydrogen-bond acceptors (Lipinski definition) is 2. The third-order valence-corrected chi connectivity index (χ3v) is 5.66. The molecule has 1 aliphatic rings. The van der Waals surface area contributed by atoms with Crippen LogP contribution < -0.4 is 4.90 Å². The minimum Gasteiger partial charge on any atom is -0.295 e. The van der Waals surface area contributed by atoms with Gasteiger partial charge in [-0.2, -0.15) is 18.3 Å². The maximum atomic E-state index is 13.4. The molecule has 5 rings (SSSR count). The van der Waals surface area contributed by atoms with Crippen molar-refractivity contribution in [3.05, 3.63) is 107 Å². The van der Waals surface area contributed by atoms with Gasteiger partial charge >= 0.3 is 6.18 Å². The van der Waals surface area contributed by atoms with Crippen LogP contribution in [0.3, 0.4) is 0 Å². The molecular weight excluding hydrogens is 415 g/mol. The fraction of sp³-hybridized carbons (Fsp3) is 0.120. The maximum absolute atomic E-state index is 13.4. The van der Waals surface area contributed by atoms with Crippen molar-refractivity contribution in [2.45, 2.75) is 19.1 Å². The summed E-state index contributed by atoms with van der Waals surface area (Å²) in [5.74, 6) is -0.417. The van der Waals surface area contributed by atoms with Crippen molar-refractivity contribution >= 4 is 11.6 Å². The van der Waals surface area contributed by atoms with Gasteiger partial charge in [0.05, 0.1) is 17.3 Å². The van der Waals surface area contributed by atoms with Crippen LogP contribution in [0.25, 0.3) is 11.3 Å². The maximum Gasteiger partial charge on any atom is 0.416 e. The van der Waals surface area contributed by atoms with E-state index in [1.165, 1.54) is 17.0 Å². The van der Waals surface area contributed by atoms with E-state index in [0.29, 0.717) is 11.3 Å². The molecule has 0 radical (unpaired) electrons. The average molecular weight is 433 g/mol. The van der Waals surface area contributed by atoms with Crippen LogP contribution in [-0.2, 0) is 6.18 Å². The zero-order valence-electron chi connectivity index (χ0n) is 17.0. The second-order valence-electron chi connectivity index (χ2n) is 7.76. The molecule has 32 heavy (non-hydrogen) atoms. The highest BCUT2D eigenvalue weighted by molar-refractivity contribution is 6.11. The van der Waals surface area contributed by atoms with E-state index in [1.54, 1.807) is 0 Å². The van der Waals surface area contributed by atoms with Gasteiger partial charge in [0.2, 0.25) is 0 Å². The zero-order valence-corrected chi connectivity index (χ0v) is 17.0. The summed E-state index contributed by atoms with van der Waals surface area (Å²) in [4.78, 5) is 14.8. The van der Waals surface area contributed by atoms with Crippen LogP contribution in [0, 0.1) is 6.92 Å². The Hall–Kier alpha value is -3.87. The number of aromatic nitrogens is 2. The number of amides is 1. The highest BCUT2D eigenvalue weighted by atomic mass is 19.4. The number of anilines is 1. The number of carbonyl (C=O) groups excluding carboxylic acids is 1. The van der Waals surface area contributed by atoms with Crippen LogP contribution in [0.5, 0.6) is 0 Å². The number of alkyl halides is 3. The van der Waals surface area contributed by atoms with E-state index in [4.69, 9.17) is 0 Å². The van der Waals surface area contributed by atoms with Crippen LogP contribution in [0.15, 0.2) is 78.9 Å². The number of aromatic amines is 1. The Kier molecular flexibility index (Phi) is 4.62. The smallest absolute Gasteiger partial charge is 0.295 e. The molecule has 7 heteroatoms. The molecule has 0 aliphatic carbocycles. The first-order valence-corrected chi connectivity index (χ1v) is 10.1. The van der Waals surface area contributed by atoms with Gasteiger partial charge in [-0.25, -0.2) is 0 Å². The number of hydrogen-bond donors (Lipinski definition) is 1. The Morgan fingerprint density at radius 1 is 0.938 bits per heavy atom. The summed E-state index contributed by atoms with van der Waals surface area (Å²) in [6.45, 7) is 1.95. The molecule has 1 N–H and O–H groups in total. The minimum absolute atomic E-state index is 0.180. The molecule has 1 amide bonds. The van der Waals surface area contributed by atoms with Crippen molar-refractivity contribution in [2.24, 2.45) is 0 Å². The Bertz CT molecular complexity index is 1290. The fourth-order valence-electron chi connectivity index (χ4n) is 4.13. The molecule has 0 spiro atoms. The number of rotatable bonds is 3. The molecule has 0 saturated carbocycles. The number of carbonyl (C=O) groups is 1. The molecule has 4 nitrogen and oxygen atoms in total. The van der Waals surface area contributed by atoms with Crippen LogP contribution in [0.1, 0.15) is 38.8 Å². The van der Waals surface area contributed by atoms with Crippen LogP contribution in [0.4, 0.5) is 18.9 Å². The van der Waals surface area contributed by atoms with Crippen LogP contribution in [-0.4, -0.2) is 16.1 Å². The van der Waals surface area contributed by atoms with E-state index in [0.717, 1.165) is 28.8 Å². The Morgan fingerprint density at radius 3 is 2.34 bits per heavy atom. The van der Waals surface area contributed by atoms with E-state index in [-0.39, 0.29) is 11.4 Å². The standard InChI is InChI=1S/C25H18F3N3O/c1-15-10-12-17(13-11-15)23-20-21(16-6-3-2-4-7-16)29-30-22(20)24(32)31(23)19-9-5-8-18(14-19)25(26,27)28/h2-14,23H,1H3,(H,29,30)/t23-/m1/s1. The molecule has 0 saturated heterocycles. The molecule has 1 aromatic heterocycles. The van der Waals surface area contributed by atoms with Gasteiger partial charge < -0.3 is 0 Å². The largest absolute Gasteiger partial charge is 0.416 e. The fourth-order valence-corrected chi connectivity index (χ4v) is 4.13. The number of nitrogens with one attached hydrogen (secondary N) is 1. The third-order valence-electron chi connectivity index (χ3n) is 5.66. The predicted octanol–water partition coefficient (Wildman–Crippen LogP) is 6.15. The molecule has 160 valence electrons. The number of H-pyrrole nitrogens is 1. The zero-order chi connectivity index (χ0) is 22.5. The van der Waals surface area contributed by atoms with Gasteiger partial charge in [0.1, 0.15) is 5.69 Å². The van der Waals surface area contributed by atoms with Crippen LogP contribution >= 0.6 is 0 Å². The second kappa shape index (κ2) is 7.37. The summed E-state index contributed by atoms with van der Waals surface area (Å²) < 4.78 is 40.2. The van der Waals surface area contributed by atoms with Crippen molar-refractivity contribution in [1.82, 2.24) is 10.2 Å². The molecule has 4 aromatic rings. The van der Waals surface area contributed by atoms with Gasteiger partial charge in [0.25, 0.3) is 5.91 Å². The highest BCUT2D eigenvalue weighted by Gasteiger charge is 2.43. The van der Waals surface area contributed by atoms with Gasteiger partial charge in [0.15, 0.2) is 0 Å². The number of benzene rings is 3. The number of fused-ring (bicyclic) bond motifs is 1. The minimum atomic E-state index is -4.51. The second-order valence-corrected chi connectivity index (χ2v) is 7.76. The van der Waals surface area contributed by atoms with Gasteiger partial charge in [-0.1, -0.05) is 66.2 Å². The SMILES string of the molecule is Cc1ccc([C@@H]2c3c(-c4ccccc4)n[nH]c3C(=O)N2c2cccc(C(F)(F)F)c2)cc1. The van der Waals surface area contributed by atoms with Gasteiger partial charge in [-0.3, -0.25) is 14.8 Å². The first-order chi connectivity index (χ1) is 15.3. The van der Waals surface area contributed by atoms with Gasteiger partial charge in [-0.05, 0) is 30.7 Å². The van der Waals surface area contributed by atoms with Crippen LogP contribution in [0.2, 0.25) is 0 Å². The van der Waals surface area contributed by atoms with E-state index < -0.39 is 23.7 Å². The normalized spacial score (nSPS) is 15.8. The van der Waals surface area contributed by atoms with E-state index in [1.807, 2.05) is 61.5 Å². The number of aryl methyl sites for hydroxylation is 1. The Balaban J connectivity index is 1.71. The van der Waals surface area contributed by atoms with Gasteiger partial charge in [0, 0.05) is 16.8 Å². The molecule has 2 heterocycles. The first kappa shape index (κ1) is 20.1. The Labute approximate surface area is 182 Å². The van der Waals surface area contributed by atoms with Crippen molar-refractivity contribution in [3.8, 4) is 11.3 Å². The first-order valence-electron chi connectivity index (χ1n) is 10.1. The summed E-state index contributed by atoms with van der Waals surface area (Å²) in [7, 11) is 0. The molecular formula is C25H18F3N3O. The van der Waals surface area contributed by atoms with Crippen molar-refractivity contribution in [3.63, 3.8) is 0 Å². The summed E-state index contributed by atoms with van der Waals surface area (Å²) in [6.07, 6.45) is -4.51. The molecule has 1 aliphatic heterocycles. The lowest BCUT2D eigenvalue weighted by atomic mass is 9.95. The monoisotopic (exact) mass is 433 g/mol. The van der Waals surface area contributed by atoms with E-state index >= 15 is 0 Å². The van der Waals surface area contributed by atoms with E-state index in [2.05, 4.69) is 10.2 Å². The van der Waals surface area contributed by atoms with Crippen molar-refractivity contribution in [1.29, 1.82) is 0 Å². The lowest BCUT2D eigenvalue weighted by Gasteiger charge is -2.27. The van der Waals surface area contributed by atoms with Crippen molar-refractivity contribution in [2.75, 3.05) is 4.90 Å². The van der Waals surface area contributed by atoms with E-state index in [9.17, 15) is 18.0 Å². The Morgan fingerprint density at radius 2 is 1.66 bits per heavy atom. The molecule has 1 atom stereocenters. The van der Waals surface area contributed by atoms with Crippen molar-refractivity contribution < 1.29 is 18.0 Å². The lowest BCUT2D eigenvalue weighted by molar-refractivity contribution is -0.137. The predicted molar refractivity (Wildman–Crippen MR) is 115 cm³/mol. The van der Waals surface area contributed by atoms with Gasteiger partial charge in [-0.15, -0.1) is 0 Å².